The molecule has 32 heavy (non-hydrogen) atoms. The molecule has 0 bridgehead atoms. The molecule has 0 unspecified atom stereocenters. The third kappa shape index (κ3) is 4.23. The Bertz CT molecular complexity index is 953. The van der Waals surface area contributed by atoms with Gasteiger partial charge in [0.05, 0.1) is 12.0 Å². The third-order valence-corrected chi connectivity index (χ3v) is 7.03. The molecule has 0 N–H and O–H groups in total. The molecule has 3 aliphatic rings. The summed E-state index contributed by atoms with van der Waals surface area (Å²) in [5.74, 6) is 0.454. The van der Waals surface area contributed by atoms with Crippen LogP contribution < -0.4 is 4.74 Å². The molecule has 0 aromatic heterocycles. The average Bonchev–Trinajstić information content (AvgIpc) is 2.92. The van der Waals surface area contributed by atoms with Gasteiger partial charge >= 0.3 is 0 Å². The smallest absolute Gasteiger partial charge is 0.245 e. The predicted octanol–water partition coefficient (Wildman–Crippen LogP) is 1.79. The Hall–Kier alpha value is -2.90. The summed E-state index contributed by atoms with van der Waals surface area (Å²) in [6, 6.07) is 5.02. The summed E-state index contributed by atoms with van der Waals surface area (Å²) in [4.78, 5) is 55.5. The van der Waals surface area contributed by atoms with Crippen LogP contribution in [0.3, 0.4) is 0 Å². The lowest BCUT2D eigenvalue weighted by atomic mass is 9.84. The number of fused-ring (bicyclic) bond motifs is 1. The number of benzene rings is 1. The lowest BCUT2D eigenvalue weighted by molar-refractivity contribution is -0.147. The Morgan fingerprint density at radius 1 is 1.03 bits per heavy atom. The summed E-state index contributed by atoms with van der Waals surface area (Å²) in [6.45, 7) is 7.58. The molecule has 4 rings (SSSR count). The number of amides is 3. The van der Waals surface area contributed by atoms with E-state index in [4.69, 9.17) is 4.74 Å². The van der Waals surface area contributed by atoms with E-state index in [0.717, 1.165) is 5.56 Å². The zero-order valence-electron chi connectivity index (χ0n) is 19.1. The van der Waals surface area contributed by atoms with E-state index >= 15 is 0 Å². The van der Waals surface area contributed by atoms with Crippen molar-refractivity contribution in [2.75, 3.05) is 32.7 Å². The molecule has 8 nitrogen and oxygen atoms in total. The monoisotopic (exact) mass is 441 g/mol. The molecule has 172 valence electrons. The number of carbonyl (C=O) groups is 4. The average molecular weight is 442 g/mol. The van der Waals surface area contributed by atoms with Crippen molar-refractivity contribution < 1.29 is 23.9 Å². The van der Waals surface area contributed by atoms with Crippen molar-refractivity contribution in [3.63, 3.8) is 0 Å². The Morgan fingerprint density at radius 3 is 2.41 bits per heavy atom. The molecule has 3 amide bonds. The summed E-state index contributed by atoms with van der Waals surface area (Å²) in [6.07, 6.45) is 1.46. The molecule has 8 heteroatoms. The Balaban J connectivity index is 1.44. The minimum absolute atomic E-state index is 0.0110. The quantitative estimate of drug-likeness (QED) is 0.698. The van der Waals surface area contributed by atoms with Crippen molar-refractivity contribution in [2.45, 2.75) is 58.1 Å². The van der Waals surface area contributed by atoms with Crippen LogP contribution in [0.15, 0.2) is 18.2 Å². The molecule has 3 aliphatic heterocycles. The number of hydrogen-bond donors (Lipinski definition) is 0. The highest BCUT2D eigenvalue weighted by atomic mass is 16.5. The van der Waals surface area contributed by atoms with E-state index in [0.29, 0.717) is 56.9 Å². The van der Waals surface area contributed by atoms with Crippen molar-refractivity contribution in [2.24, 2.45) is 0 Å². The molecule has 0 saturated carbocycles. The third-order valence-electron chi connectivity index (χ3n) is 7.03. The fourth-order valence-corrected chi connectivity index (χ4v) is 4.99. The van der Waals surface area contributed by atoms with E-state index in [1.54, 1.807) is 21.6 Å². The van der Waals surface area contributed by atoms with Crippen LogP contribution in [0.2, 0.25) is 0 Å². The van der Waals surface area contributed by atoms with Gasteiger partial charge in [0.25, 0.3) is 0 Å². The van der Waals surface area contributed by atoms with Crippen LogP contribution in [-0.2, 0) is 14.4 Å². The lowest BCUT2D eigenvalue weighted by Crippen LogP contribution is -2.55. The van der Waals surface area contributed by atoms with Gasteiger partial charge in [-0.25, -0.2) is 0 Å². The number of ketones is 1. The van der Waals surface area contributed by atoms with Gasteiger partial charge in [-0.1, -0.05) is 11.6 Å². The van der Waals surface area contributed by atoms with Crippen molar-refractivity contribution in [1.82, 2.24) is 14.7 Å². The summed E-state index contributed by atoms with van der Waals surface area (Å²) in [5, 5.41) is 0. The highest BCUT2D eigenvalue weighted by Crippen LogP contribution is 2.40. The number of piperazine rings is 1. The number of Topliss-reactive ketones (excluding diaryl/α,β-unsaturated/α-hetero) is 1. The van der Waals surface area contributed by atoms with E-state index in [-0.39, 0.29) is 36.3 Å². The maximum Gasteiger partial charge on any atom is 0.245 e. The molecule has 1 aromatic carbocycles. The standard InChI is InChI=1S/C24H31N3O5/c1-16-4-5-21-19(14-16)20(29)15-24(32-21)7-6-22(30)27(9-8-24)17(2)23(31)26-12-10-25(11-13-26)18(3)28/h4-5,14,17H,6-13,15H2,1-3H3/t17-,24+/m1/s1. The second-order valence-corrected chi connectivity index (χ2v) is 9.23. The molecule has 1 aromatic rings. The van der Waals surface area contributed by atoms with Crippen molar-refractivity contribution >= 4 is 23.5 Å². The molecule has 0 radical (unpaired) electrons. The van der Waals surface area contributed by atoms with E-state index in [1.165, 1.54) is 6.92 Å². The summed E-state index contributed by atoms with van der Waals surface area (Å²) >= 11 is 0. The van der Waals surface area contributed by atoms with Crippen molar-refractivity contribution in [3.05, 3.63) is 29.3 Å². The van der Waals surface area contributed by atoms with Gasteiger partial charge in [0.1, 0.15) is 17.4 Å². The van der Waals surface area contributed by atoms with Gasteiger partial charge in [-0.2, -0.15) is 0 Å². The predicted molar refractivity (Wildman–Crippen MR) is 117 cm³/mol. The zero-order valence-corrected chi connectivity index (χ0v) is 19.1. The van der Waals surface area contributed by atoms with Crippen molar-refractivity contribution in [1.29, 1.82) is 0 Å². The van der Waals surface area contributed by atoms with Gasteiger partial charge < -0.3 is 19.4 Å². The molecule has 2 saturated heterocycles. The fourth-order valence-electron chi connectivity index (χ4n) is 4.99. The molecule has 3 heterocycles. The Morgan fingerprint density at radius 2 is 1.72 bits per heavy atom. The first-order chi connectivity index (χ1) is 15.2. The van der Waals surface area contributed by atoms with Crippen LogP contribution in [0.5, 0.6) is 5.75 Å². The number of aryl methyl sites for hydroxylation is 1. The largest absolute Gasteiger partial charge is 0.486 e. The highest BCUT2D eigenvalue weighted by Gasteiger charge is 2.44. The number of nitrogens with zero attached hydrogens (tertiary/aromatic N) is 3. The first-order valence-corrected chi connectivity index (χ1v) is 11.4. The molecule has 2 fully saturated rings. The van der Waals surface area contributed by atoms with Gasteiger partial charge in [0, 0.05) is 52.5 Å². The lowest BCUT2D eigenvalue weighted by Gasteiger charge is -2.39. The van der Waals surface area contributed by atoms with E-state index in [2.05, 4.69) is 0 Å². The molecule has 1 spiro atoms. The SMILES string of the molecule is CC(=O)N1CCN(C(=O)[C@@H](C)N2CC[C@@]3(CCC2=O)CC(=O)c2cc(C)ccc2O3)CC1. The Kier molecular flexibility index (Phi) is 5.97. The fraction of sp³-hybridized carbons (Fsp3) is 0.583. The number of likely N-dealkylation sites (tertiary alicyclic amines) is 1. The summed E-state index contributed by atoms with van der Waals surface area (Å²) < 4.78 is 6.32. The maximum atomic E-state index is 13.1. The molecular weight excluding hydrogens is 410 g/mol. The van der Waals surface area contributed by atoms with E-state index in [1.807, 2.05) is 25.1 Å². The minimum atomic E-state index is -0.709. The Labute approximate surface area is 188 Å². The first-order valence-electron chi connectivity index (χ1n) is 11.4. The summed E-state index contributed by atoms with van der Waals surface area (Å²) in [7, 11) is 0. The number of rotatable bonds is 2. The van der Waals surface area contributed by atoms with Gasteiger partial charge in [-0.3, -0.25) is 19.2 Å². The second-order valence-electron chi connectivity index (χ2n) is 9.23. The van der Waals surface area contributed by atoms with Crippen LogP contribution in [0, 0.1) is 6.92 Å². The molecular formula is C24H31N3O5. The van der Waals surface area contributed by atoms with Crippen LogP contribution in [0.25, 0.3) is 0 Å². The molecule has 2 atom stereocenters. The topological polar surface area (TPSA) is 87.2 Å². The normalized spacial score (nSPS) is 24.7. The van der Waals surface area contributed by atoms with Gasteiger partial charge in [0.15, 0.2) is 5.78 Å². The van der Waals surface area contributed by atoms with Gasteiger partial charge in [-0.05, 0) is 32.4 Å². The first kappa shape index (κ1) is 22.3. The van der Waals surface area contributed by atoms with E-state index < -0.39 is 11.6 Å². The highest BCUT2D eigenvalue weighted by molar-refractivity contribution is 6.00. The van der Waals surface area contributed by atoms with Crippen LogP contribution in [0.4, 0.5) is 0 Å². The van der Waals surface area contributed by atoms with Crippen LogP contribution in [-0.4, -0.2) is 82.6 Å². The second kappa shape index (κ2) is 8.56. The van der Waals surface area contributed by atoms with Gasteiger partial charge in [-0.15, -0.1) is 0 Å². The number of carbonyl (C=O) groups excluding carboxylic acids is 4. The number of hydrogen-bond acceptors (Lipinski definition) is 5. The van der Waals surface area contributed by atoms with Crippen molar-refractivity contribution in [3.8, 4) is 5.75 Å². The molecule has 0 aliphatic carbocycles. The van der Waals surface area contributed by atoms with Crippen LogP contribution in [0.1, 0.15) is 55.5 Å². The number of ether oxygens (including phenoxy) is 1. The summed E-state index contributed by atoms with van der Waals surface area (Å²) in [5.41, 5.74) is 0.909. The zero-order chi connectivity index (χ0) is 23.0. The van der Waals surface area contributed by atoms with Crippen LogP contribution >= 0.6 is 0 Å². The van der Waals surface area contributed by atoms with Gasteiger partial charge in [0.2, 0.25) is 17.7 Å². The van der Waals surface area contributed by atoms with E-state index in [9.17, 15) is 19.2 Å². The minimum Gasteiger partial charge on any atom is -0.486 e. The maximum absolute atomic E-state index is 13.1.